The molecule has 110 valence electrons. The van der Waals surface area contributed by atoms with Gasteiger partial charge in [-0.25, -0.2) is 4.79 Å². The molecule has 1 fully saturated rings. The molecule has 0 unspecified atom stereocenters. The summed E-state index contributed by atoms with van der Waals surface area (Å²) in [6, 6.07) is 5.33. The highest BCUT2D eigenvalue weighted by molar-refractivity contribution is 9.10. The van der Waals surface area contributed by atoms with Gasteiger partial charge in [-0.1, -0.05) is 15.9 Å². The third kappa shape index (κ3) is 4.21. The van der Waals surface area contributed by atoms with E-state index in [0.29, 0.717) is 11.3 Å². The summed E-state index contributed by atoms with van der Waals surface area (Å²) in [6.45, 7) is 3.17. The first kappa shape index (κ1) is 15.3. The number of rotatable bonds is 5. The molecule has 1 aromatic carbocycles. The predicted molar refractivity (Wildman–Crippen MR) is 84.4 cm³/mol. The average Bonchev–Trinajstić information content (AvgIpc) is 2.42. The molecule has 0 saturated carbocycles. The number of carboxylic acids is 1. The number of carbonyl (C=O) groups is 1. The van der Waals surface area contributed by atoms with Crippen molar-refractivity contribution in [2.45, 2.75) is 19.3 Å². The highest BCUT2D eigenvalue weighted by Crippen LogP contribution is 2.23. The summed E-state index contributed by atoms with van der Waals surface area (Å²) in [5, 5.41) is 12.5. The minimum absolute atomic E-state index is 0.322. The molecule has 5 heteroatoms. The van der Waals surface area contributed by atoms with Gasteiger partial charge in [0.25, 0.3) is 0 Å². The number of piperidine rings is 1. The van der Waals surface area contributed by atoms with Gasteiger partial charge in [0.15, 0.2) is 0 Å². The second-order valence-electron chi connectivity index (χ2n) is 5.46. The number of hydrogen-bond donors (Lipinski definition) is 2. The molecule has 20 heavy (non-hydrogen) atoms. The Bertz CT molecular complexity index is 471. The van der Waals surface area contributed by atoms with E-state index in [4.69, 9.17) is 0 Å². The molecule has 1 aliphatic rings. The third-order valence-corrected chi connectivity index (χ3v) is 4.41. The highest BCUT2D eigenvalue weighted by atomic mass is 79.9. The smallest absolute Gasteiger partial charge is 0.337 e. The molecule has 0 aliphatic carbocycles. The molecule has 1 heterocycles. The van der Waals surface area contributed by atoms with E-state index in [1.54, 1.807) is 6.07 Å². The molecule has 0 atom stereocenters. The van der Waals surface area contributed by atoms with Crippen molar-refractivity contribution in [3.8, 4) is 0 Å². The number of hydrogen-bond acceptors (Lipinski definition) is 3. The first-order valence-electron chi connectivity index (χ1n) is 7.01. The van der Waals surface area contributed by atoms with Crippen LogP contribution >= 0.6 is 15.9 Å². The quantitative estimate of drug-likeness (QED) is 0.863. The SMILES string of the molecule is CN1CCC(CCNc2ccc(Br)cc2C(=O)O)CC1. The fraction of sp³-hybridized carbons (Fsp3) is 0.533. The molecule has 4 nitrogen and oxygen atoms in total. The summed E-state index contributed by atoms with van der Waals surface area (Å²) in [5.74, 6) is -0.143. The zero-order valence-electron chi connectivity index (χ0n) is 11.7. The van der Waals surface area contributed by atoms with Crippen LogP contribution in [0.5, 0.6) is 0 Å². The Morgan fingerprint density at radius 3 is 2.80 bits per heavy atom. The van der Waals surface area contributed by atoms with Gasteiger partial charge in [0.05, 0.1) is 5.56 Å². The number of nitrogens with zero attached hydrogens (tertiary/aromatic N) is 1. The predicted octanol–water partition coefficient (Wildman–Crippen LogP) is 3.29. The van der Waals surface area contributed by atoms with Gasteiger partial charge < -0.3 is 15.3 Å². The molecule has 2 rings (SSSR count). The molecular formula is C15H21BrN2O2. The minimum Gasteiger partial charge on any atom is -0.478 e. The molecule has 0 spiro atoms. The first-order chi connectivity index (χ1) is 9.56. The Labute approximate surface area is 128 Å². The van der Waals surface area contributed by atoms with Crippen LogP contribution in [0, 0.1) is 5.92 Å². The fourth-order valence-electron chi connectivity index (χ4n) is 2.61. The normalized spacial score (nSPS) is 17.1. The lowest BCUT2D eigenvalue weighted by atomic mass is 9.94. The molecule has 0 radical (unpaired) electrons. The molecule has 0 aromatic heterocycles. The Morgan fingerprint density at radius 1 is 1.45 bits per heavy atom. The van der Waals surface area contributed by atoms with Crippen molar-refractivity contribution in [1.29, 1.82) is 0 Å². The van der Waals surface area contributed by atoms with Gasteiger partial charge in [0.1, 0.15) is 0 Å². The van der Waals surface area contributed by atoms with Crippen molar-refractivity contribution < 1.29 is 9.90 Å². The lowest BCUT2D eigenvalue weighted by Gasteiger charge is -2.29. The molecule has 1 aliphatic heterocycles. The van der Waals surface area contributed by atoms with E-state index in [-0.39, 0.29) is 0 Å². The van der Waals surface area contributed by atoms with Crippen molar-refractivity contribution in [2.24, 2.45) is 5.92 Å². The van der Waals surface area contributed by atoms with E-state index in [0.717, 1.165) is 23.4 Å². The van der Waals surface area contributed by atoms with Crippen LogP contribution in [0.1, 0.15) is 29.6 Å². The van der Waals surface area contributed by atoms with Crippen LogP contribution in [0.25, 0.3) is 0 Å². The summed E-state index contributed by atoms with van der Waals surface area (Å²) in [6.07, 6.45) is 3.58. The number of nitrogens with one attached hydrogen (secondary N) is 1. The lowest BCUT2D eigenvalue weighted by molar-refractivity contribution is 0.0698. The van der Waals surface area contributed by atoms with Crippen molar-refractivity contribution in [1.82, 2.24) is 4.90 Å². The lowest BCUT2D eigenvalue weighted by Crippen LogP contribution is -2.30. The Balaban J connectivity index is 1.86. The van der Waals surface area contributed by atoms with Gasteiger partial charge >= 0.3 is 5.97 Å². The van der Waals surface area contributed by atoms with Crippen molar-refractivity contribution in [3.63, 3.8) is 0 Å². The van der Waals surface area contributed by atoms with Gasteiger partial charge in [-0.3, -0.25) is 0 Å². The second kappa shape index (κ2) is 7.09. The van der Waals surface area contributed by atoms with Crippen LogP contribution in [-0.2, 0) is 0 Å². The molecule has 1 saturated heterocycles. The van der Waals surface area contributed by atoms with Crippen LogP contribution in [0.2, 0.25) is 0 Å². The van der Waals surface area contributed by atoms with Crippen LogP contribution in [0.4, 0.5) is 5.69 Å². The largest absolute Gasteiger partial charge is 0.478 e. The van der Waals surface area contributed by atoms with Crippen molar-refractivity contribution >= 4 is 27.6 Å². The maximum atomic E-state index is 11.2. The maximum absolute atomic E-state index is 11.2. The summed E-state index contributed by atoms with van der Waals surface area (Å²) >= 11 is 3.31. The minimum atomic E-state index is -0.895. The molecule has 0 amide bonds. The number of benzene rings is 1. The number of likely N-dealkylation sites (tertiary alicyclic amines) is 1. The summed E-state index contributed by atoms with van der Waals surface area (Å²) in [4.78, 5) is 13.6. The van der Waals surface area contributed by atoms with E-state index in [9.17, 15) is 9.90 Å². The number of carboxylic acid groups (broad SMARTS) is 1. The molecule has 2 N–H and O–H groups in total. The van der Waals surface area contributed by atoms with Gasteiger partial charge in [-0.05, 0) is 63.5 Å². The molecule has 1 aromatic rings. The van der Waals surface area contributed by atoms with Gasteiger partial charge in [0.2, 0.25) is 0 Å². The number of aromatic carboxylic acids is 1. The number of halogens is 1. The van der Waals surface area contributed by atoms with E-state index in [1.807, 2.05) is 12.1 Å². The van der Waals surface area contributed by atoms with Crippen molar-refractivity contribution in [3.05, 3.63) is 28.2 Å². The van der Waals surface area contributed by atoms with Crippen LogP contribution in [-0.4, -0.2) is 42.7 Å². The summed E-state index contributed by atoms with van der Waals surface area (Å²) < 4.78 is 0.788. The zero-order chi connectivity index (χ0) is 14.5. The Hall–Kier alpha value is -1.07. The van der Waals surface area contributed by atoms with Crippen molar-refractivity contribution in [2.75, 3.05) is 32.0 Å². The van der Waals surface area contributed by atoms with Crippen LogP contribution < -0.4 is 5.32 Å². The van der Waals surface area contributed by atoms with Crippen LogP contribution in [0.3, 0.4) is 0 Å². The Kier molecular flexibility index (Phi) is 5.43. The highest BCUT2D eigenvalue weighted by Gasteiger charge is 2.16. The second-order valence-corrected chi connectivity index (χ2v) is 6.37. The van der Waals surface area contributed by atoms with E-state index < -0.39 is 5.97 Å². The summed E-state index contributed by atoms with van der Waals surface area (Å²) in [7, 11) is 2.16. The molecular weight excluding hydrogens is 320 g/mol. The molecule has 0 bridgehead atoms. The van der Waals surface area contributed by atoms with Crippen LogP contribution in [0.15, 0.2) is 22.7 Å². The first-order valence-corrected chi connectivity index (χ1v) is 7.81. The fourth-order valence-corrected chi connectivity index (χ4v) is 2.97. The number of anilines is 1. The van der Waals surface area contributed by atoms with Gasteiger partial charge in [-0.2, -0.15) is 0 Å². The topological polar surface area (TPSA) is 52.6 Å². The zero-order valence-corrected chi connectivity index (χ0v) is 13.3. The Morgan fingerprint density at radius 2 is 2.15 bits per heavy atom. The van der Waals surface area contributed by atoms with E-state index >= 15 is 0 Å². The van der Waals surface area contributed by atoms with Gasteiger partial charge in [0, 0.05) is 16.7 Å². The van der Waals surface area contributed by atoms with E-state index in [2.05, 4.69) is 33.2 Å². The maximum Gasteiger partial charge on any atom is 0.337 e. The summed E-state index contributed by atoms with van der Waals surface area (Å²) in [5.41, 5.74) is 1.02. The van der Waals surface area contributed by atoms with Gasteiger partial charge in [-0.15, -0.1) is 0 Å². The average molecular weight is 341 g/mol. The third-order valence-electron chi connectivity index (χ3n) is 3.92. The standard InChI is InChI=1S/C15H21BrN2O2/c1-18-8-5-11(6-9-18)4-7-17-14-3-2-12(16)10-13(14)15(19)20/h2-3,10-11,17H,4-9H2,1H3,(H,19,20). The van der Waals surface area contributed by atoms with E-state index in [1.165, 1.54) is 25.9 Å². The monoisotopic (exact) mass is 340 g/mol.